The van der Waals surface area contributed by atoms with Gasteiger partial charge in [0.25, 0.3) is 0 Å². The van der Waals surface area contributed by atoms with E-state index in [9.17, 15) is 4.79 Å². The summed E-state index contributed by atoms with van der Waals surface area (Å²) in [5.74, 6) is 1.81. The van der Waals surface area contributed by atoms with E-state index in [0.717, 1.165) is 31.5 Å². The van der Waals surface area contributed by atoms with Gasteiger partial charge in [0.15, 0.2) is 0 Å². The van der Waals surface area contributed by atoms with E-state index in [1.54, 1.807) is 0 Å². The second-order valence-corrected chi connectivity index (χ2v) is 7.98. The Morgan fingerprint density at radius 1 is 1.00 bits per heavy atom. The van der Waals surface area contributed by atoms with Crippen LogP contribution in [0, 0.1) is 17.8 Å². The highest BCUT2D eigenvalue weighted by atomic mass is 16.4. The molecule has 1 aliphatic heterocycles. The molecule has 2 unspecified atom stereocenters. The zero-order valence-corrected chi connectivity index (χ0v) is 13.8. The minimum Gasteiger partial charge on any atom is -0.480 e. The number of hydrogen-bond donors (Lipinski definition) is 2. The smallest absolute Gasteiger partial charge is 0.317 e. The first-order chi connectivity index (χ1) is 10.7. The third-order valence-corrected chi connectivity index (χ3v) is 5.76. The summed E-state index contributed by atoms with van der Waals surface area (Å²) in [4.78, 5) is 13.2. The fourth-order valence-electron chi connectivity index (χ4n) is 4.49. The number of hydrogen-bond acceptors (Lipinski definition) is 3. The van der Waals surface area contributed by atoms with Gasteiger partial charge in [-0.25, -0.2) is 0 Å². The van der Waals surface area contributed by atoms with E-state index >= 15 is 0 Å². The summed E-state index contributed by atoms with van der Waals surface area (Å²) < 4.78 is 0. The molecule has 0 amide bonds. The van der Waals surface area contributed by atoms with Gasteiger partial charge in [-0.2, -0.15) is 0 Å². The molecular weight excluding hydrogens is 276 g/mol. The summed E-state index contributed by atoms with van der Waals surface area (Å²) in [5, 5.41) is 12.9. The summed E-state index contributed by atoms with van der Waals surface area (Å²) >= 11 is 0. The molecule has 0 aromatic rings. The maximum atomic E-state index is 11.1. The molecule has 0 spiro atoms. The van der Waals surface area contributed by atoms with E-state index in [0.29, 0.717) is 12.0 Å². The van der Waals surface area contributed by atoms with Gasteiger partial charge in [0.05, 0.1) is 6.54 Å². The highest BCUT2D eigenvalue weighted by molar-refractivity contribution is 5.69. The molecule has 126 valence electrons. The van der Waals surface area contributed by atoms with E-state index in [-0.39, 0.29) is 6.54 Å². The Hall–Kier alpha value is -0.610. The van der Waals surface area contributed by atoms with Crippen LogP contribution in [0.1, 0.15) is 57.8 Å². The summed E-state index contributed by atoms with van der Waals surface area (Å²) in [6.45, 7) is 3.26. The topological polar surface area (TPSA) is 52.6 Å². The number of carbonyl (C=O) groups is 1. The van der Waals surface area contributed by atoms with E-state index in [1.165, 1.54) is 57.8 Å². The first-order valence-electron chi connectivity index (χ1n) is 9.36. The first kappa shape index (κ1) is 16.3. The van der Waals surface area contributed by atoms with Crippen molar-refractivity contribution in [3.63, 3.8) is 0 Å². The van der Waals surface area contributed by atoms with Gasteiger partial charge < -0.3 is 10.4 Å². The fraction of sp³-hybridized carbons (Fsp3) is 0.944. The van der Waals surface area contributed by atoms with Crippen molar-refractivity contribution in [3.8, 4) is 0 Å². The van der Waals surface area contributed by atoms with Crippen LogP contribution >= 0.6 is 0 Å². The lowest BCUT2D eigenvalue weighted by Crippen LogP contribution is -2.51. The molecule has 22 heavy (non-hydrogen) atoms. The van der Waals surface area contributed by atoms with E-state index in [1.807, 2.05) is 0 Å². The Balaban J connectivity index is 1.47. The number of nitrogens with one attached hydrogen (secondary N) is 1. The molecule has 0 radical (unpaired) electrons. The molecule has 1 heterocycles. The van der Waals surface area contributed by atoms with Crippen molar-refractivity contribution in [3.05, 3.63) is 0 Å². The van der Waals surface area contributed by atoms with Gasteiger partial charge in [0.2, 0.25) is 0 Å². The predicted molar refractivity (Wildman–Crippen MR) is 87.9 cm³/mol. The fourth-order valence-corrected chi connectivity index (χ4v) is 4.49. The van der Waals surface area contributed by atoms with Crippen LogP contribution < -0.4 is 5.32 Å². The lowest BCUT2D eigenvalue weighted by Gasteiger charge is -2.38. The zero-order valence-electron chi connectivity index (χ0n) is 13.8. The summed E-state index contributed by atoms with van der Waals surface area (Å²) in [6, 6.07) is 0.499. The molecule has 0 bridgehead atoms. The lowest BCUT2D eigenvalue weighted by molar-refractivity contribution is -0.138. The van der Waals surface area contributed by atoms with Gasteiger partial charge in [0, 0.05) is 19.1 Å². The summed E-state index contributed by atoms with van der Waals surface area (Å²) in [6.07, 6.45) is 12.3. The number of aliphatic carboxylic acids is 1. The molecule has 2 saturated carbocycles. The number of rotatable bonds is 7. The van der Waals surface area contributed by atoms with Crippen molar-refractivity contribution in [1.29, 1.82) is 0 Å². The number of likely N-dealkylation sites (tertiary alicyclic amines) is 1. The standard InChI is InChI=1S/C18H32N2O2/c21-18(22)13-20-11-16(8-14-6-7-14)9-17(12-20)19-10-15-4-2-1-3-5-15/h14-17,19H,1-13H2,(H,21,22). The molecular formula is C18H32N2O2. The number of carboxylic acids is 1. The normalized spacial score (nSPS) is 31.3. The lowest BCUT2D eigenvalue weighted by atomic mass is 9.87. The van der Waals surface area contributed by atoms with Gasteiger partial charge in [-0.3, -0.25) is 9.69 Å². The maximum absolute atomic E-state index is 11.1. The van der Waals surface area contributed by atoms with E-state index in [4.69, 9.17) is 5.11 Å². The summed E-state index contributed by atoms with van der Waals surface area (Å²) in [7, 11) is 0. The van der Waals surface area contributed by atoms with Gasteiger partial charge in [0.1, 0.15) is 0 Å². The average molecular weight is 308 g/mol. The molecule has 3 fully saturated rings. The summed E-state index contributed by atoms with van der Waals surface area (Å²) in [5.41, 5.74) is 0. The van der Waals surface area contributed by atoms with E-state index in [2.05, 4.69) is 10.2 Å². The van der Waals surface area contributed by atoms with Crippen LogP contribution in [-0.4, -0.2) is 48.2 Å². The number of carboxylic acid groups (broad SMARTS) is 1. The monoisotopic (exact) mass is 308 g/mol. The van der Waals surface area contributed by atoms with Crippen molar-refractivity contribution in [2.75, 3.05) is 26.2 Å². The Labute approximate surface area is 134 Å². The molecule has 2 atom stereocenters. The van der Waals surface area contributed by atoms with Gasteiger partial charge in [-0.05, 0) is 50.0 Å². The van der Waals surface area contributed by atoms with Gasteiger partial charge in [-0.1, -0.05) is 32.1 Å². The SMILES string of the molecule is O=C(O)CN1CC(CC2CC2)CC(NCC2CCCCC2)C1. The minimum atomic E-state index is -0.682. The van der Waals surface area contributed by atoms with Crippen LogP contribution in [0.4, 0.5) is 0 Å². The first-order valence-corrected chi connectivity index (χ1v) is 9.36. The van der Waals surface area contributed by atoms with Crippen LogP contribution in [0.15, 0.2) is 0 Å². The molecule has 0 aromatic heterocycles. The molecule has 3 rings (SSSR count). The third kappa shape index (κ3) is 5.24. The van der Waals surface area contributed by atoms with Crippen molar-refractivity contribution in [2.24, 2.45) is 17.8 Å². The second kappa shape index (κ2) is 7.78. The number of nitrogens with zero attached hydrogens (tertiary/aromatic N) is 1. The van der Waals surface area contributed by atoms with Crippen LogP contribution in [0.5, 0.6) is 0 Å². The Kier molecular flexibility index (Phi) is 5.75. The molecule has 3 aliphatic rings. The van der Waals surface area contributed by atoms with Crippen molar-refractivity contribution in [1.82, 2.24) is 10.2 Å². The molecule has 2 N–H and O–H groups in total. The maximum Gasteiger partial charge on any atom is 0.317 e. The highest BCUT2D eigenvalue weighted by Crippen LogP contribution is 2.37. The number of piperidine rings is 1. The molecule has 4 heteroatoms. The van der Waals surface area contributed by atoms with Crippen molar-refractivity contribution >= 4 is 5.97 Å². The Morgan fingerprint density at radius 2 is 1.77 bits per heavy atom. The molecule has 4 nitrogen and oxygen atoms in total. The van der Waals surface area contributed by atoms with Gasteiger partial charge in [-0.15, -0.1) is 0 Å². The third-order valence-electron chi connectivity index (χ3n) is 5.76. The van der Waals surface area contributed by atoms with Crippen LogP contribution in [0.3, 0.4) is 0 Å². The van der Waals surface area contributed by atoms with Crippen molar-refractivity contribution < 1.29 is 9.90 Å². The van der Waals surface area contributed by atoms with Gasteiger partial charge >= 0.3 is 5.97 Å². The van der Waals surface area contributed by atoms with Crippen LogP contribution in [0.25, 0.3) is 0 Å². The van der Waals surface area contributed by atoms with Crippen molar-refractivity contribution in [2.45, 2.75) is 63.8 Å². The average Bonchev–Trinajstić information content (AvgIpc) is 3.29. The zero-order chi connectivity index (χ0) is 15.4. The minimum absolute atomic E-state index is 0.211. The predicted octanol–water partition coefficient (Wildman–Crippen LogP) is 2.73. The Morgan fingerprint density at radius 3 is 2.45 bits per heavy atom. The molecule has 2 aliphatic carbocycles. The molecule has 0 aromatic carbocycles. The van der Waals surface area contributed by atoms with Crippen LogP contribution in [0.2, 0.25) is 0 Å². The van der Waals surface area contributed by atoms with E-state index < -0.39 is 5.97 Å². The van der Waals surface area contributed by atoms with Crippen LogP contribution in [-0.2, 0) is 4.79 Å². The molecule has 1 saturated heterocycles. The quantitative estimate of drug-likeness (QED) is 0.759. The highest BCUT2D eigenvalue weighted by Gasteiger charge is 2.32. The Bertz CT molecular complexity index is 364. The second-order valence-electron chi connectivity index (χ2n) is 7.98. The largest absolute Gasteiger partial charge is 0.480 e.